The fourth-order valence-corrected chi connectivity index (χ4v) is 5.13. The first kappa shape index (κ1) is 16.8. The number of hydrogen-bond acceptors (Lipinski definition) is 5. The number of likely N-dealkylation sites (N-methyl/N-ethyl adjacent to an activating group) is 1. The van der Waals surface area contributed by atoms with E-state index in [-0.39, 0.29) is 18.5 Å². The number of allylic oxidation sites excluding steroid dienone is 1. The number of fused-ring (bicyclic) bond motifs is 2. The first-order valence-corrected chi connectivity index (χ1v) is 10.3. The molecule has 5 rings (SSSR count). The fourth-order valence-electron chi connectivity index (χ4n) is 3.75. The van der Waals surface area contributed by atoms with Crippen LogP contribution in [0, 0.1) is 0 Å². The van der Waals surface area contributed by atoms with Crippen LogP contribution in [-0.2, 0) is 4.79 Å². The van der Waals surface area contributed by atoms with Gasteiger partial charge in [-0.2, -0.15) is 0 Å². The molecule has 27 heavy (non-hydrogen) atoms. The Kier molecular flexibility index (Phi) is 4.18. The third-order valence-electron chi connectivity index (χ3n) is 5.40. The lowest BCUT2D eigenvalue weighted by molar-refractivity contribution is -0.123. The van der Waals surface area contributed by atoms with E-state index in [0.717, 1.165) is 54.3 Å². The van der Waals surface area contributed by atoms with Gasteiger partial charge in [0, 0.05) is 38.5 Å². The summed E-state index contributed by atoms with van der Waals surface area (Å²) < 4.78 is 10.9. The van der Waals surface area contributed by atoms with Gasteiger partial charge in [-0.3, -0.25) is 4.79 Å². The number of carbonyl (C=O) groups is 1. The van der Waals surface area contributed by atoms with E-state index in [4.69, 9.17) is 9.47 Å². The van der Waals surface area contributed by atoms with Crippen LogP contribution in [-0.4, -0.2) is 66.4 Å². The van der Waals surface area contributed by atoms with Crippen LogP contribution in [0.25, 0.3) is 5.31 Å². The van der Waals surface area contributed by atoms with Gasteiger partial charge in [0.05, 0.1) is 11.5 Å². The number of amides is 1. The molecule has 4 heterocycles. The molecular formula is C20H22N3O3P. The maximum Gasteiger partial charge on any atom is 0.252 e. The average molecular weight is 383 g/mol. The lowest BCUT2D eigenvalue weighted by Crippen LogP contribution is -2.45. The van der Waals surface area contributed by atoms with E-state index in [0.29, 0.717) is 8.58 Å². The van der Waals surface area contributed by atoms with Crippen LogP contribution < -0.4 is 9.47 Å². The van der Waals surface area contributed by atoms with Crippen molar-refractivity contribution in [2.75, 3.05) is 40.0 Å². The number of hydrogen-bond donors (Lipinski definition) is 0. The highest BCUT2D eigenvalue weighted by molar-refractivity contribution is 7.51. The first-order chi connectivity index (χ1) is 13.2. The molecule has 7 heteroatoms. The monoisotopic (exact) mass is 383 g/mol. The minimum Gasteiger partial charge on any atom is -0.454 e. The molecule has 4 aliphatic rings. The third-order valence-corrected chi connectivity index (χ3v) is 6.91. The predicted molar refractivity (Wildman–Crippen MR) is 106 cm³/mol. The van der Waals surface area contributed by atoms with Gasteiger partial charge in [0.2, 0.25) is 6.79 Å². The number of ether oxygens (including phenoxy) is 2. The summed E-state index contributed by atoms with van der Waals surface area (Å²) in [5.41, 5.74) is 2.17. The molecule has 0 bridgehead atoms. The topological polar surface area (TPSA) is 45.2 Å². The van der Waals surface area contributed by atoms with Gasteiger partial charge in [0.25, 0.3) is 5.91 Å². The van der Waals surface area contributed by atoms with Gasteiger partial charge in [-0.25, -0.2) is 0 Å². The van der Waals surface area contributed by atoms with Crippen LogP contribution in [0.1, 0.15) is 5.56 Å². The second kappa shape index (κ2) is 6.70. The van der Waals surface area contributed by atoms with Crippen molar-refractivity contribution in [1.29, 1.82) is 0 Å². The van der Waals surface area contributed by atoms with Crippen molar-refractivity contribution in [3.63, 3.8) is 0 Å². The van der Waals surface area contributed by atoms with Crippen LogP contribution >= 0.6 is 8.58 Å². The molecule has 0 N–H and O–H groups in total. The molecule has 0 aromatic heterocycles. The zero-order valence-electron chi connectivity index (χ0n) is 15.2. The van der Waals surface area contributed by atoms with Gasteiger partial charge in [-0.05, 0) is 36.1 Å². The quantitative estimate of drug-likeness (QED) is 0.734. The zero-order chi connectivity index (χ0) is 18.4. The zero-order valence-corrected chi connectivity index (χ0v) is 16.2. The largest absolute Gasteiger partial charge is 0.454 e. The summed E-state index contributed by atoms with van der Waals surface area (Å²) in [5, 5.41) is 1.07. The van der Waals surface area contributed by atoms with E-state index >= 15 is 0 Å². The number of piperazine rings is 1. The van der Waals surface area contributed by atoms with E-state index in [2.05, 4.69) is 29.0 Å². The van der Waals surface area contributed by atoms with Crippen LogP contribution in [0.15, 0.2) is 48.3 Å². The second-order valence-electron chi connectivity index (χ2n) is 7.16. The van der Waals surface area contributed by atoms with E-state index in [1.54, 1.807) is 6.08 Å². The molecule has 0 radical (unpaired) electrons. The maximum atomic E-state index is 12.8. The Balaban J connectivity index is 1.37. The van der Waals surface area contributed by atoms with Crippen LogP contribution in [0.5, 0.6) is 11.5 Å². The number of benzene rings is 1. The van der Waals surface area contributed by atoms with Crippen molar-refractivity contribution >= 4 is 19.8 Å². The molecule has 1 aromatic rings. The lowest BCUT2D eigenvalue weighted by Gasteiger charge is -2.39. The molecule has 0 spiro atoms. The predicted octanol–water partition coefficient (Wildman–Crippen LogP) is 2.26. The Morgan fingerprint density at radius 1 is 1.11 bits per heavy atom. The average Bonchev–Trinajstić information content (AvgIpc) is 3.16. The van der Waals surface area contributed by atoms with E-state index in [1.807, 2.05) is 29.3 Å². The fraction of sp³-hybridized carbons (Fsp3) is 0.350. The Hall–Kier alpha value is -2.30. The molecule has 1 saturated heterocycles. The molecule has 140 valence electrons. The molecule has 2 unspecified atom stereocenters. The first-order valence-electron chi connectivity index (χ1n) is 9.21. The van der Waals surface area contributed by atoms with Crippen molar-refractivity contribution < 1.29 is 14.3 Å². The summed E-state index contributed by atoms with van der Waals surface area (Å²) in [5.74, 6) is 1.66. The third kappa shape index (κ3) is 3.13. The Labute approximate surface area is 160 Å². The van der Waals surface area contributed by atoms with Crippen molar-refractivity contribution in [2.24, 2.45) is 0 Å². The maximum absolute atomic E-state index is 12.8. The smallest absolute Gasteiger partial charge is 0.252 e. The van der Waals surface area contributed by atoms with Gasteiger partial charge in [-0.1, -0.05) is 20.7 Å². The minimum absolute atomic E-state index is 0.0439. The lowest BCUT2D eigenvalue weighted by atomic mass is 10.1. The molecule has 1 amide bonds. The molecule has 1 fully saturated rings. The summed E-state index contributed by atoms with van der Waals surface area (Å²) in [6, 6.07) is 5.90. The van der Waals surface area contributed by atoms with Crippen molar-refractivity contribution in [2.45, 2.75) is 5.78 Å². The summed E-state index contributed by atoms with van der Waals surface area (Å²) in [7, 11) is 2.66. The van der Waals surface area contributed by atoms with Gasteiger partial charge in [0.15, 0.2) is 11.5 Å². The number of rotatable bonds is 2. The molecule has 6 nitrogen and oxygen atoms in total. The molecule has 4 aliphatic heterocycles. The summed E-state index contributed by atoms with van der Waals surface area (Å²) in [6.07, 6.45) is 8.14. The molecule has 0 aliphatic carbocycles. The number of carbonyl (C=O) groups excluding carboxylic acids is 1. The highest BCUT2D eigenvalue weighted by atomic mass is 31.1. The van der Waals surface area contributed by atoms with Crippen molar-refractivity contribution in [1.82, 2.24) is 14.7 Å². The Morgan fingerprint density at radius 3 is 2.78 bits per heavy atom. The molecular weight excluding hydrogens is 361 g/mol. The van der Waals surface area contributed by atoms with E-state index < -0.39 is 0 Å². The highest BCUT2D eigenvalue weighted by Gasteiger charge is 2.30. The summed E-state index contributed by atoms with van der Waals surface area (Å²) >= 11 is 0. The summed E-state index contributed by atoms with van der Waals surface area (Å²) in [6.45, 7) is 4.37. The normalized spacial score (nSPS) is 25.5. The van der Waals surface area contributed by atoms with Gasteiger partial charge >= 0.3 is 0 Å². The van der Waals surface area contributed by atoms with Crippen LogP contribution in [0.3, 0.4) is 0 Å². The molecule has 0 saturated carbocycles. The standard InChI is InChI=1S/C20H22N3O3P/c1-21-6-8-22(9-7-21)15-3-5-20-23(12-15)19(24)11-18(27-20)14-2-4-16-17(10-14)26-13-25-16/h2-5,10-12,20,27H,6-9,13H2,1H3. The van der Waals surface area contributed by atoms with Gasteiger partial charge < -0.3 is 24.2 Å². The van der Waals surface area contributed by atoms with Crippen molar-refractivity contribution in [3.05, 3.63) is 53.9 Å². The minimum atomic E-state index is 0.0439. The summed E-state index contributed by atoms with van der Waals surface area (Å²) in [4.78, 5) is 19.4. The Morgan fingerprint density at radius 2 is 1.93 bits per heavy atom. The molecule has 2 atom stereocenters. The van der Waals surface area contributed by atoms with Crippen LogP contribution in [0.4, 0.5) is 0 Å². The highest BCUT2D eigenvalue weighted by Crippen LogP contribution is 2.46. The van der Waals surface area contributed by atoms with Gasteiger partial charge in [0.1, 0.15) is 0 Å². The Bertz CT molecular complexity index is 871. The van der Waals surface area contributed by atoms with E-state index in [9.17, 15) is 4.79 Å². The van der Waals surface area contributed by atoms with Crippen LogP contribution in [0.2, 0.25) is 0 Å². The van der Waals surface area contributed by atoms with Gasteiger partial charge in [-0.15, -0.1) is 0 Å². The van der Waals surface area contributed by atoms with E-state index in [1.165, 1.54) is 0 Å². The second-order valence-corrected chi connectivity index (χ2v) is 8.58. The SMILES string of the molecule is CN1CCN(C2=CN3C(=O)C=C(c4ccc5c(c4)OCO5)PC3C=C2)CC1. The number of nitrogens with zero attached hydrogens (tertiary/aromatic N) is 3. The van der Waals surface area contributed by atoms with Crippen molar-refractivity contribution in [3.8, 4) is 11.5 Å². The molecule has 1 aromatic carbocycles.